The van der Waals surface area contributed by atoms with E-state index in [0.717, 1.165) is 10.3 Å². The first-order valence-electron chi connectivity index (χ1n) is 6.40. The molecule has 0 saturated carbocycles. The van der Waals surface area contributed by atoms with Crippen LogP contribution in [0.4, 0.5) is 0 Å². The Morgan fingerprint density at radius 3 is 2.74 bits per heavy atom. The molecule has 6 heteroatoms. The highest BCUT2D eigenvalue weighted by atomic mass is 79.9. The zero-order valence-corrected chi connectivity index (χ0v) is 13.8. The van der Waals surface area contributed by atoms with Crippen LogP contribution in [0.5, 0.6) is 0 Å². The summed E-state index contributed by atoms with van der Waals surface area (Å²) in [5.41, 5.74) is 5.66. The topological polar surface area (TPSA) is 58.4 Å². The minimum atomic E-state index is -0.535. The van der Waals surface area contributed by atoms with Crippen LogP contribution in [0.1, 0.15) is 31.7 Å². The maximum absolute atomic E-state index is 12.1. The SMILES string of the molecule is CC(N)C(c1ccc(Br)s1)N1CCNC(=O)C1(C)C. The third-order valence-corrected chi connectivity index (χ3v) is 5.33. The molecule has 1 aliphatic rings. The molecule has 0 bridgehead atoms. The van der Waals surface area contributed by atoms with Crippen LogP contribution in [0.2, 0.25) is 0 Å². The molecule has 3 N–H and O–H groups in total. The number of nitrogens with two attached hydrogens (primary N) is 1. The molecule has 1 aliphatic heterocycles. The van der Waals surface area contributed by atoms with E-state index in [-0.39, 0.29) is 18.0 Å². The first-order chi connectivity index (χ1) is 8.84. The molecule has 2 unspecified atom stereocenters. The summed E-state index contributed by atoms with van der Waals surface area (Å²) in [4.78, 5) is 15.5. The fourth-order valence-electron chi connectivity index (χ4n) is 2.59. The standard InChI is InChI=1S/C13H20BrN3OS/c1-8(15)11(9-4-5-10(14)19-9)17-7-6-16-12(18)13(17,2)3/h4-5,8,11H,6-7,15H2,1-3H3,(H,16,18). The highest BCUT2D eigenvalue weighted by molar-refractivity contribution is 9.11. The Morgan fingerprint density at radius 2 is 2.21 bits per heavy atom. The number of hydrogen-bond acceptors (Lipinski definition) is 4. The van der Waals surface area contributed by atoms with Gasteiger partial charge in [0.1, 0.15) is 0 Å². The van der Waals surface area contributed by atoms with Gasteiger partial charge in [-0.2, -0.15) is 0 Å². The Labute approximate surface area is 126 Å². The number of hydrogen-bond donors (Lipinski definition) is 2. The number of nitrogens with one attached hydrogen (secondary N) is 1. The molecule has 0 radical (unpaired) electrons. The van der Waals surface area contributed by atoms with Gasteiger partial charge in [-0.25, -0.2) is 0 Å². The number of piperazine rings is 1. The third kappa shape index (κ3) is 2.86. The van der Waals surface area contributed by atoms with Crippen molar-refractivity contribution >= 4 is 33.2 Å². The van der Waals surface area contributed by atoms with Gasteiger partial charge in [0.15, 0.2) is 0 Å². The van der Waals surface area contributed by atoms with Gasteiger partial charge in [-0.05, 0) is 48.8 Å². The van der Waals surface area contributed by atoms with Gasteiger partial charge < -0.3 is 11.1 Å². The minimum absolute atomic E-state index is 0.0317. The Balaban J connectivity index is 2.36. The van der Waals surface area contributed by atoms with Crippen LogP contribution >= 0.6 is 27.3 Å². The number of halogens is 1. The quantitative estimate of drug-likeness (QED) is 0.881. The predicted molar refractivity (Wildman–Crippen MR) is 82.2 cm³/mol. The lowest BCUT2D eigenvalue weighted by Gasteiger charge is -2.46. The summed E-state index contributed by atoms with van der Waals surface area (Å²) in [6, 6.07) is 4.16. The molecule has 1 amide bonds. The maximum Gasteiger partial charge on any atom is 0.240 e. The summed E-state index contributed by atoms with van der Waals surface area (Å²) in [6.07, 6.45) is 0. The van der Waals surface area contributed by atoms with Crippen LogP contribution < -0.4 is 11.1 Å². The smallest absolute Gasteiger partial charge is 0.240 e. The van der Waals surface area contributed by atoms with E-state index in [9.17, 15) is 4.79 Å². The molecule has 2 heterocycles. The summed E-state index contributed by atoms with van der Waals surface area (Å²) >= 11 is 5.18. The van der Waals surface area contributed by atoms with Crippen LogP contribution in [0.15, 0.2) is 15.9 Å². The average Bonchev–Trinajstić information content (AvgIpc) is 2.71. The molecule has 106 valence electrons. The molecule has 2 rings (SSSR count). The second-order valence-corrected chi connectivity index (χ2v) is 7.95. The molecule has 0 aliphatic carbocycles. The number of rotatable bonds is 3. The summed E-state index contributed by atoms with van der Waals surface area (Å²) in [5, 5.41) is 2.93. The van der Waals surface area contributed by atoms with E-state index in [0.29, 0.717) is 6.54 Å². The second kappa shape index (κ2) is 5.52. The molecular weight excluding hydrogens is 326 g/mol. The van der Waals surface area contributed by atoms with Gasteiger partial charge in [0.25, 0.3) is 0 Å². The number of carbonyl (C=O) groups is 1. The van der Waals surface area contributed by atoms with Gasteiger partial charge in [-0.1, -0.05) is 0 Å². The van der Waals surface area contributed by atoms with E-state index in [1.165, 1.54) is 4.88 Å². The second-order valence-electron chi connectivity index (χ2n) is 5.45. The van der Waals surface area contributed by atoms with Gasteiger partial charge in [0.05, 0.1) is 15.4 Å². The number of thiophene rings is 1. The normalized spacial score (nSPS) is 22.9. The molecule has 0 spiro atoms. The van der Waals surface area contributed by atoms with Crippen molar-refractivity contribution in [3.8, 4) is 0 Å². The Hall–Kier alpha value is -0.430. The van der Waals surface area contributed by atoms with Gasteiger partial charge >= 0.3 is 0 Å². The first kappa shape index (κ1) is 15.0. The number of nitrogens with zero attached hydrogens (tertiary/aromatic N) is 1. The van der Waals surface area contributed by atoms with Crippen LogP contribution in [-0.2, 0) is 4.79 Å². The first-order valence-corrected chi connectivity index (χ1v) is 8.01. The van der Waals surface area contributed by atoms with E-state index in [2.05, 4.69) is 32.2 Å². The van der Waals surface area contributed by atoms with Gasteiger partial charge in [0, 0.05) is 24.0 Å². The molecule has 1 saturated heterocycles. The molecule has 4 nitrogen and oxygen atoms in total. The Morgan fingerprint density at radius 1 is 1.53 bits per heavy atom. The highest BCUT2D eigenvalue weighted by Crippen LogP contribution is 2.36. The van der Waals surface area contributed by atoms with Crippen LogP contribution in [0, 0.1) is 0 Å². The van der Waals surface area contributed by atoms with Crippen molar-refractivity contribution in [2.24, 2.45) is 5.73 Å². The molecule has 1 aromatic heterocycles. The Bertz CT molecular complexity index is 472. The van der Waals surface area contributed by atoms with Crippen molar-refractivity contribution in [1.82, 2.24) is 10.2 Å². The van der Waals surface area contributed by atoms with Crippen LogP contribution in [-0.4, -0.2) is 35.5 Å². The largest absolute Gasteiger partial charge is 0.353 e. The summed E-state index contributed by atoms with van der Waals surface area (Å²) in [5.74, 6) is 0.0695. The lowest BCUT2D eigenvalue weighted by molar-refractivity contribution is -0.137. The summed E-state index contributed by atoms with van der Waals surface area (Å²) < 4.78 is 1.09. The van der Waals surface area contributed by atoms with Crippen LogP contribution in [0.3, 0.4) is 0 Å². The van der Waals surface area contributed by atoms with E-state index >= 15 is 0 Å². The molecule has 19 heavy (non-hydrogen) atoms. The van der Waals surface area contributed by atoms with E-state index in [1.807, 2.05) is 26.8 Å². The van der Waals surface area contributed by atoms with Crippen molar-refractivity contribution in [3.05, 3.63) is 20.8 Å². The lowest BCUT2D eigenvalue weighted by atomic mass is 9.93. The Kier molecular flexibility index (Phi) is 4.35. The monoisotopic (exact) mass is 345 g/mol. The van der Waals surface area contributed by atoms with Crippen molar-refractivity contribution in [2.45, 2.75) is 38.4 Å². The summed E-state index contributed by atoms with van der Waals surface area (Å²) in [7, 11) is 0. The van der Waals surface area contributed by atoms with Gasteiger partial charge in [0.2, 0.25) is 5.91 Å². The molecule has 0 aromatic carbocycles. The molecular formula is C13H20BrN3OS. The van der Waals surface area contributed by atoms with Crippen molar-refractivity contribution < 1.29 is 4.79 Å². The minimum Gasteiger partial charge on any atom is -0.353 e. The van der Waals surface area contributed by atoms with Gasteiger partial charge in [-0.3, -0.25) is 9.69 Å². The van der Waals surface area contributed by atoms with Crippen LogP contribution in [0.25, 0.3) is 0 Å². The zero-order chi connectivity index (χ0) is 14.2. The number of carbonyl (C=O) groups excluding carboxylic acids is 1. The molecule has 2 atom stereocenters. The maximum atomic E-state index is 12.1. The van der Waals surface area contributed by atoms with Crippen molar-refractivity contribution in [2.75, 3.05) is 13.1 Å². The van der Waals surface area contributed by atoms with E-state index in [1.54, 1.807) is 11.3 Å². The fraction of sp³-hybridized carbons (Fsp3) is 0.615. The van der Waals surface area contributed by atoms with Crippen molar-refractivity contribution in [1.29, 1.82) is 0 Å². The lowest BCUT2D eigenvalue weighted by Crippen LogP contribution is -2.64. The molecule has 1 aromatic rings. The number of amides is 1. The van der Waals surface area contributed by atoms with E-state index in [4.69, 9.17) is 5.73 Å². The van der Waals surface area contributed by atoms with E-state index < -0.39 is 5.54 Å². The fourth-order valence-corrected chi connectivity index (χ4v) is 4.24. The third-order valence-electron chi connectivity index (χ3n) is 3.63. The average molecular weight is 346 g/mol. The zero-order valence-electron chi connectivity index (χ0n) is 11.4. The summed E-state index contributed by atoms with van der Waals surface area (Å²) in [6.45, 7) is 7.42. The van der Waals surface area contributed by atoms with Crippen molar-refractivity contribution in [3.63, 3.8) is 0 Å². The molecule has 1 fully saturated rings. The van der Waals surface area contributed by atoms with Gasteiger partial charge in [-0.15, -0.1) is 11.3 Å². The predicted octanol–water partition coefficient (Wildman–Crippen LogP) is 2.11. The highest BCUT2D eigenvalue weighted by Gasteiger charge is 2.43.